The molecule has 1 amide bonds. The van der Waals surface area contributed by atoms with Gasteiger partial charge in [-0.15, -0.1) is 0 Å². The van der Waals surface area contributed by atoms with E-state index in [-0.39, 0.29) is 23.2 Å². The lowest BCUT2D eigenvalue weighted by Gasteiger charge is -2.26. The maximum absolute atomic E-state index is 12.7. The van der Waals surface area contributed by atoms with E-state index < -0.39 is 17.5 Å². The minimum absolute atomic E-state index is 0.103. The van der Waals surface area contributed by atoms with Gasteiger partial charge in [-0.05, 0) is 49.3 Å². The molecule has 1 aliphatic carbocycles. The molecule has 0 bridgehead atoms. The van der Waals surface area contributed by atoms with E-state index in [1.165, 1.54) is 17.7 Å². The van der Waals surface area contributed by atoms with Crippen molar-refractivity contribution in [3.05, 3.63) is 69.3 Å². The van der Waals surface area contributed by atoms with Crippen molar-refractivity contribution in [3.63, 3.8) is 0 Å². The van der Waals surface area contributed by atoms with E-state index in [1.807, 2.05) is 23.1 Å². The van der Waals surface area contributed by atoms with Gasteiger partial charge in [-0.1, -0.05) is 24.3 Å². The van der Waals surface area contributed by atoms with Gasteiger partial charge < -0.3 is 15.0 Å². The topological polar surface area (TPSA) is 102 Å². The van der Waals surface area contributed by atoms with Crippen LogP contribution in [0.15, 0.2) is 42.5 Å². The Morgan fingerprint density at radius 3 is 2.68 bits per heavy atom. The SMILES string of the molecule is O=C(COC(=O)c1cc([N+](=O)[O-])ccc1N1CCCC1)NC1CCCc2ccccc21. The number of hydrogen-bond donors (Lipinski definition) is 1. The normalized spacial score (nSPS) is 17.7. The lowest BCUT2D eigenvalue weighted by molar-refractivity contribution is -0.384. The maximum atomic E-state index is 12.7. The standard InChI is InChI=1S/C23H25N3O5/c27-22(24-20-9-5-7-16-6-1-2-8-18(16)20)15-31-23(28)19-14-17(26(29)30)10-11-21(19)25-12-3-4-13-25/h1-2,6,8,10-11,14,20H,3-5,7,9,12-13,15H2,(H,24,27). The molecule has 2 aromatic carbocycles. The fourth-order valence-corrected chi connectivity index (χ4v) is 4.38. The van der Waals surface area contributed by atoms with Gasteiger partial charge in [0.05, 0.1) is 22.2 Å². The van der Waals surface area contributed by atoms with Crippen LogP contribution < -0.4 is 10.2 Å². The van der Waals surface area contributed by atoms with Crippen LogP contribution >= 0.6 is 0 Å². The van der Waals surface area contributed by atoms with Crippen molar-refractivity contribution in [2.45, 2.75) is 38.1 Å². The van der Waals surface area contributed by atoms with Gasteiger partial charge >= 0.3 is 5.97 Å². The van der Waals surface area contributed by atoms with Gasteiger partial charge in [0.1, 0.15) is 0 Å². The van der Waals surface area contributed by atoms with E-state index in [4.69, 9.17) is 4.74 Å². The van der Waals surface area contributed by atoms with Crippen LogP contribution in [-0.2, 0) is 16.0 Å². The van der Waals surface area contributed by atoms with Crippen LogP contribution in [0.2, 0.25) is 0 Å². The largest absolute Gasteiger partial charge is 0.452 e. The summed E-state index contributed by atoms with van der Waals surface area (Å²) < 4.78 is 5.25. The summed E-state index contributed by atoms with van der Waals surface area (Å²) in [5.41, 5.74) is 2.87. The molecule has 1 fully saturated rings. The molecule has 2 aromatic rings. The quantitative estimate of drug-likeness (QED) is 0.433. The minimum atomic E-state index is -0.732. The number of esters is 1. The number of benzene rings is 2. The van der Waals surface area contributed by atoms with Gasteiger partial charge in [-0.25, -0.2) is 4.79 Å². The Morgan fingerprint density at radius 1 is 1.13 bits per heavy atom. The van der Waals surface area contributed by atoms with E-state index in [0.717, 1.165) is 50.8 Å². The Morgan fingerprint density at radius 2 is 1.90 bits per heavy atom. The van der Waals surface area contributed by atoms with Crippen LogP contribution in [0, 0.1) is 10.1 Å². The highest BCUT2D eigenvalue weighted by atomic mass is 16.6. The van der Waals surface area contributed by atoms with Crippen LogP contribution in [0.25, 0.3) is 0 Å². The molecule has 1 atom stereocenters. The monoisotopic (exact) mass is 423 g/mol. The highest BCUT2D eigenvalue weighted by molar-refractivity contribution is 5.97. The molecule has 8 heteroatoms. The zero-order valence-corrected chi connectivity index (χ0v) is 17.2. The first kappa shape index (κ1) is 20.8. The van der Waals surface area contributed by atoms with E-state index in [0.29, 0.717) is 5.69 Å². The second-order valence-electron chi connectivity index (χ2n) is 7.94. The van der Waals surface area contributed by atoms with Crippen LogP contribution in [-0.4, -0.2) is 36.5 Å². The molecule has 8 nitrogen and oxygen atoms in total. The number of rotatable bonds is 6. The number of nitro groups is 1. The van der Waals surface area contributed by atoms with Crippen LogP contribution in [0.4, 0.5) is 11.4 Å². The first-order valence-corrected chi connectivity index (χ1v) is 10.6. The molecule has 1 unspecified atom stereocenters. The number of carbonyl (C=O) groups excluding carboxylic acids is 2. The van der Waals surface area contributed by atoms with Crippen molar-refractivity contribution < 1.29 is 19.2 Å². The number of anilines is 1. The summed E-state index contributed by atoms with van der Waals surface area (Å²) in [4.78, 5) is 37.8. The number of hydrogen-bond acceptors (Lipinski definition) is 6. The van der Waals surface area contributed by atoms with E-state index >= 15 is 0 Å². The Kier molecular flexibility index (Phi) is 6.16. The fourth-order valence-electron chi connectivity index (χ4n) is 4.38. The predicted molar refractivity (Wildman–Crippen MR) is 115 cm³/mol. The summed E-state index contributed by atoms with van der Waals surface area (Å²) in [6.45, 7) is 1.12. The lowest BCUT2D eigenvalue weighted by atomic mass is 9.88. The number of carbonyl (C=O) groups is 2. The molecule has 1 saturated heterocycles. The molecule has 162 valence electrons. The molecule has 1 heterocycles. The number of nitro benzene ring substituents is 1. The second-order valence-corrected chi connectivity index (χ2v) is 7.94. The van der Waals surface area contributed by atoms with Crippen LogP contribution in [0.1, 0.15) is 53.2 Å². The zero-order chi connectivity index (χ0) is 21.8. The number of nitrogens with one attached hydrogen (secondary N) is 1. The van der Waals surface area contributed by atoms with Crippen molar-refractivity contribution >= 4 is 23.3 Å². The fraction of sp³-hybridized carbons (Fsp3) is 0.391. The van der Waals surface area contributed by atoms with E-state index in [9.17, 15) is 19.7 Å². The molecule has 4 rings (SSSR count). The van der Waals surface area contributed by atoms with Gasteiger partial charge in [0.25, 0.3) is 11.6 Å². The number of fused-ring (bicyclic) bond motifs is 1. The van der Waals surface area contributed by atoms with Crippen molar-refractivity contribution in [1.82, 2.24) is 5.32 Å². The molecule has 0 radical (unpaired) electrons. The van der Waals surface area contributed by atoms with Gasteiger partial charge in [0.15, 0.2) is 6.61 Å². The lowest BCUT2D eigenvalue weighted by Crippen LogP contribution is -2.34. The molecule has 0 aromatic heterocycles. The van der Waals surface area contributed by atoms with Crippen LogP contribution in [0.3, 0.4) is 0 Å². The second kappa shape index (κ2) is 9.16. The molecule has 2 aliphatic rings. The average Bonchev–Trinajstić information content (AvgIpc) is 3.32. The molecule has 1 N–H and O–H groups in total. The summed E-state index contributed by atoms with van der Waals surface area (Å²) in [7, 11) is 0. The Balaban J connectivity index is 1.43. The summed E-state index contributed by atoms with van der Waals surface area (Å²) in [5, 5.41) is 14.1. The third kappa shape index (κ3) is 4.68. The van der Waals surface area contributed by atoms with E-state index in [1.54, 1.807) is 6.07 Å². The van der Waals surface area contributed by atoms with Crippen molar-refractivity contribution in [2.24, 2.45) is 0 Å². The van der Waals surface area contributed by atoms with Gasteiger partial charge in [0, 0.05) is 25.2 Å². The summed E-state index contributed by atoms with van der Waals surface area (Å²) in [6.07, 6.45) is 4.80. The maximum Gasteiger partial charge on any atom is 0.341 e. The number of amides is 1. The average molecular weight is 423 g/mol. The summed E-state index contributed by atoms with van der Waals surface area (Å²) in [5.74, 6) is -1.12. The third-order valence-corrected chi connectivity index (χ3v) is 5.90. The van der Waals surface area contributed by atoms with Crippen molar-refractivity contribution in [2.75, 3.05) is 24.6 Å². The first-order chi connectivity index (χ1) is 15.0. The number of non-ortho nitro benzene ring substituents is 1. The van der Waals surface area contributed by atoms with Crippen LogP contribution in [0.5, 0.6) is 0 Å². The van der Waals surface area contributed by atoms with E-state index in [2.05, 4.69) is 11.4 Å². The van der Waals surface area contributed by atoms with Crippen molar-refractivity contribution in [1.29, 1.82) is 0 Å². The molecular weight excluding hydrogens is 398 g/mol. The number of aryl methyl sites for hydroxylation is 1. The van der Waals surface area contributed by atoms with Gasteiger partial charge in [-0.3, -0.25) is 14.9 Å². The predicted octanol–water partition coefficient (Wildman–Crippen LogP) is 3.55. The minimum Gasteiger partial charge on any atom is -0.452 e. The summed E-state index contributed by atoms with van der Waals surface area (Å²) >= 11 is 0. The molecule has 1 aliphatic heterocycles. The highest BCUT2D eigenvalue weighted by Gasteiger charge is 2.25. The molecule has 0 spiro atoms. The first-order valence-electron chi connectivity index (χ1n) is 10.6. The number of ether oxygens (including phenoxy) is 1. The third-order valence-electron chi connectivity index (χ3n) is 5.90. The molecule has 31 heavy (non-hydrogen) atoms. The van der Waals surface area contributed by atoms with Crippen molar-refractivity contribution in [3.8, 4) is 0 Å². The number of nitrogens with zero attached hydrogens (tertiary/aromatic N) is 2. The zero-order valence-electron chi connectivity index (χ0n) is 17.2. The molecular formula is C23H25N3O5. The summed E-state index contributed by atoms with van der Waals surface area (Å²) in [6, 6.07) is 12.1. The Hall–Kier alpha value is -3.42. The Bertz CT molecular complexity index is 1000. The highest BCUT2D eigenvalue weighted by Crippen LogP contribution is 2.30. The Labute approximate surface area is 180 Å². The molecule has 0 saturated carbocycles. The van der Waals surface area contributed by atoms with Gasteiger partial charge in [0.2, 0.25) is 0 Å². The smallest absolute Gasteiger partial charge is 0.341 e. The van der Waals surface area contributed by atoms with Gasteiger partial charge in [-0.2, -0.15) is 0 Å².